The van der Waals surface area contributed by atoms with Gasteiger partial charge in [0.05, 0.1) is 29.0 Å². The number of rotatable bonds is 3. The van der Waals surface area contributed by atoms with E-state index in [1.54, 1.807) is 19.2 Å². The molecule has 7 nitrogen and oxygen atoms in total. The Morgan fingerprint density at radius 3 is 2.57 bits per heavy atom. The van der Waals surface area contributed by atoms with Crippen LogP contribution in [0.15, 0.2) is 30.3 Å². The first kappa shape index (κ1) is 18.0. The summed E-state index contributed by atoms with van der Waals surface area (Å²) < 4.78 is 7.49. The molecule has 1 heterocycles. The number of nitrogens with zero attached hydrogens (tertiary/aromatic N) is 3. The van der Waals surface area contributed by atoms with E-state index in [-0.39, 0.29) is 11.5 Å². The third-order valence-corrected chi connectivity index (χ3v) is 5.91. The van der Waals surface area contributed by atoms with Gasteiger partial charge in [0.25, 0.3) is 5.69 Å². The second-order valence-corrected chi connectivity index (χ2v) is 7.29. The van der Waals surface area contributed by atoms with E-state index in [0.29, 0.717) is 36.8 Å². The van der Waals surface area contributed by atoms with Crippen LogP contribution in [0.2, 0.25) is 0 Å². The Labute approximate surface area is 161 Å². The fourth-order valence-electron chi connectivity index (χ4n) is 4.39. The Balaban J connectivity index is 2.13. The minimum Gasteiger partial charge on any atom is -0.495 e. The van der Waals surface area contributed by atoms with Crippen LogP contribution in [-0.4, -0.2) is 22.4 Å². The summed E-state index contributed by atoms with van der Waals surface area (Å²) in [5.74, 6) is 0.810. The topological polar surface area (TPSA) is 98.2 Å². The number of nitro benzene ring substituents is 1. The number of carbonyl (C=O) groups is 1. The van der Waals surface area contributed by atoms with Crippen LogP contribution in [0.25, 0.3) is 21.8 Å². The van der Waals surface area contributed by atoms with Crippen molar-refractivity contribution in [2.24, 2.45) is 7.05 Å². The highest BCUT2D eigenvalue weighted by molar-refractivity contribution is 6.13. The van der Waals surface area contributed by atoms with Crippen molar-refractivity contribution in [3.63, 3.8) is 0 Å². The second-order valence-electron chi connectivity index (χ2n) is 7.29. The summed E-state index contributed by atoms with van der Waals surface area (Å²) in [6.07, 6.45) is 1.64. The van der Waals surface area contributed by atoms with E-state index in [2.05, 4.69) is 6.07 Å². The number of benzene rings is 2. The van der Waals surface area contributed by atoms with Crippen molar-refractivity contribution in [3.05, 3.63) is 46.0 Å². The lowest BCUT2D eigenvalue weighted by Gasteiger charge is -2.31. The summed E-state index contributed by atoms with van der Waals surface area (Å²) in [5.41, 5.74) is 1.63. The number of methoxy groups -OCH3 is 1. The predicted octanol–water partition coefficient (Wildman–Crippen LogP) is 4.15. The number of ether oxygens (including phenoxy) is 1. The van der Waals surface area contributed by atoms with Gasteiger partial charge in [-0.05, 0) is 30.5 Å². The number of carbonyl (C=O) groups excluding carboxylic acids is 1. The zero-order chi connectivity index (χ0) is 20.1. The highest BCUT2D eigenvalue weighted by Crippen LogP contribution is 2.46. The molecule has 1 saturated carbocycles. The maximum absolute atomic E-state index is 11.8. The van der Waals surface area contributed by atoms with E-state index in [9.17, 15) is 20.2 Å². The molecule has 0 bridgehead atoms. The molecule has 4 rings (SSSR count). The fourth-order valence-corrected chi connectivity index (χ4v) is 4.39. The SMILES string of the molecule is COc1ccc(C2(C#N)CCC(=O)CC2)c2c3cc([N+](=O)[O-])ccc3n(C)c12. The van der Waals surface area contributed by atoms with E-state index < -0.39 is 10.3 Å². The smallest absolute Gasteiger partial charge is 0.270 e. The first-order valence-corrected chi connectivity index (χ1v) is 9.09. The van der Waals surface area contributed by atoms with Gasteiger partial charge in [-0.25, -0.2) is 0 Å². The highest BCUT2D eigenvalue weighted by Gasteiger charge is 2.39. The summed E-state index contributed by atoms with van der Waals surface area (Å²) in [7, 11) is 3.46. The lowest BCUT2D eigenvalue weighted by Crippen LogP contribution is -2.30. The quantitative estimate of drug-likeness (QED) is 0.504. The van der Waals surface area contributed by atoms with Crippen LogP contribution in [0.4, 0.5) is 5.69 Å². The molecule has 0 unspecified atom stereocenters. The molecule has 0 aliphatic heterocycles. The number of aryl methyl sites for hydroxylation is 1. The van der Waals surface area contributed by atoms with Crippen LogP contribution in [0.1, 0.15) is 31.2 Å². The van der Waals surface area contributed by atoms with E-state index in [4.69, 9.17) is 4.74 Å². The average molecular weight is 377 g/mol. The fraction of sp³-hybridized carbons (Fsp3) is 0.333. The molecule has 0 radical (unpaired) electrons. The number of aromatic nitrogens is 1. The minimum absolute atomic E-state index is 0.00130. The van der Waals surface area contributed by atoms with Crippen LogP contribution >= 0.6 is 0 Å². The van der Waals surface area contributed by atoms with Gasteiger partial charge in [-0.1, -0.05) is 6.07 Å². The maximum Gasteiger partial charge on any atom is 0.270 e. The zero-order valence-corrected chi connectivity index (χ0v) is 15.7. The zero-order valence-electron chi connectivity index (χ0n) is 15.7. The molecule has 0 amide bonds. The molecular formula is C21H19N3O4. The van der Waals surface area contributed by atoms with Crippen molar-refractivity contribution in [2.45, 2.75) is 31.1 Å². The largest absolute Gasteiger partial charge is 0.495 e. The highest BCUT2D eigenvalue weighted by atomic mass is 16.6. The molecule has 1 fully saturated rings. The van der Waals surface area contributed by atoms with E-state index in [1.807, 2.05) is 23.7 Å². The van der Waals surface area contributed by atoms with Crippen molar-refractivity contribution in [2.75, 3.05) is 7.11 Å². The van der Waals surface area contributed by atoms with Crippen LogP contribution < -0.4 is 4.74 Å². The standard InChI is InChI=1S/C21H19N3O4/c1-23-17-5-3-13(24(26)27)11-15(17)19-16(4-6-18(28-2)20(19)23)21(12-22)9-7-14(25)8-10-21/h3-6,11H,7-10H2,1-2H3. The predicted molar refractivity (Wildman–Crippen MR) is 104 cm³/mol. The molecule has 0 atom stereocenters. The Hall–Kier alpha value is -3.40. The van der Waals surface area contributed by atoms with Crippen molar-refractivity contribution in [1.82, 2.24) is 4.57 Å². The number of nitriles is 1. The molecule has 1 aliphatic rings. The van der Waals surface area contributed by atoms with Crippen LogP contribution in [-0.2, 0) is 17.3 Å². The van der Waals surface area contributed by atoms with Crippen molar-refractivity contribution in [3.8, 4) is 11.8 Å². The summed E-state index contributed by atoms with van der Waals surface area (Å²) in [6.45, 7) is 0. The van der Waals surface area contributed by atoms with Gasteiger partial charge in [0.2, 0.25) is 0 Å². The van der Waals surface area contributed by atoms with E-state index in [0.717, 1.165) is 22.0 Å². The minimum atomic E-state index is -0.794. The lowest BCUT2D eigenvalue weighted by atomic mass is 9.69. The summed E-state index contributed by atoms with van der Waals surface area (Å²) in [6, 6.07) is 10.9. The Kier molecular flexibility index (Phi) is 4.07. The number of hydrogen-bond acceptors (Lipinski definition) is 5. The van der Waals surface area contributed by atoms with Gasteiger partial charge < -0.3 is 9.30 Å². The Morgan fingerprint density at radius 2 is 1.96 bits per heavy atom. The normalized spacial score (nSPS) is 16.2. The van der Waals surface area contributed by atoms with Crippen molar-refractivity contribution < 1.29 is 14.5 Å². The molecular weight excluding hydrogens is 358 g/mol. The second kappa shape index (κ2) is 6.34. The van der Waals surface area contributed by atoms with Gasteiger partial charge in [-0.15, -0.1) is 0 Å². The molecule has 0 spiro atoms. The number of fused-ring (bicyclic) bond motifs is 3. The van der Waals surface area contributed by atoms with E-state index in [1.165, 1.54) is 6.07 Å². The Morgan fingerprint density at radius 1 is 1.25 bits per heavy atom. The number of Topliss-reactive ketones (excluding diaryl/α,β-unsaturated/α-hetero) is 1. The van der Waals surface area contributed by atoms with Crippen LogP contribution in [0.5, 0.6) is 5.75 Å². The molecule has 1 aromatic heterocycles. The van der Waals surface area contributed by atoms with Gasteiger partial charge >= 0.3 is 0 Å². The van der Waals surface area contributed by atoms with Gasteiger partial charge in [0.1, 0.15) is 11.5 Å². The molecule has 2 aromatic carbocycles. The molecule has 142 valence electrons. The molecule has 0 N–H and O–H groups in total. The first-order chi connectivity index (χ1) is 13.4. The third kappa shape index (κ3) is 2.45. The van der Waals surface area contributed by atoms with E-state index >= 15 is 0 Å². The molecule has 1 aliphatic carbocycles. The maximum atomic E-state index is 11.8. The monoisotopic (exact) mass is 377 g/mol. The van der Waals surface area contributed by atoms with Gasteiger partial charge in [-0.3, -0.25) is 14.9 Å². The molecule has 3 aromatic rings. The summed E-state index contributed by atoms with van der Waals surface area (Å²) in [4.78, 5) is 22.7. The Bertz CT molecular complexity index is 1180. The summed E-state index contributed by atoms with van der Waals surface area (Å²) >= 11 is 0. The number of hydrogen-bond donors (Lipinski definition) is 0. The van der Waals surface area contributed by atoms with Gasteiger partial charge in [0, 0.05) is 48.3 Å². The van der Waals surface area contributed by atoms with Crippen LogP contribution in [0.3, 0.4) is 0 Å². The number of non-ortho nitro benzene ring substituents is 1. The summed E-state index contributed by atoms with van der Waals surface area (Å²) in [5, 5.41) is 22.9. The first-order valence-electron chi connectivity index (χ1n) is 9.09. The molecule has 0 saturated heterocycles. The molecule has 7 heteroatoms. The van der Waals surface area contributed by atoms with Gasteiger partial charge in [-0.2, -0.15) is 5.26 Å². The van der Waals surface area contributed by atoms with Crippen LogP contribution in [0, 0.1) is 21.4 Å². The third-order valence-electron chi connectivity index (χ3n) is 5.91. The number of ketones is 1. The van der Waals surface area contributed by atoms with Gasteiger partial charge in [0.15, 0.2) is 0 Å². The molecule has 28 heavy (non-hydrogen) atoms. The lowest BCUT2D eigenvalue weighted by molar-refractivity contribution is -0.384. The van der Waals surface area contributed by atoms with Crippen molar-refractivity contribution in [1.29, 1.82) is 5.26 Å². The average Bonchev–Trinajstić information content (AvgIpc) is 3.01. The number of nitro groups is 1. The van der Waals surface area contributed by atoms with Crippen molar-refractivity contribution >= 4 is 33.3 Å².